The third-order valence-electron chi connectivity index (χ3n) is 2.74. The maximum absolute atomic E-state index is 11.2. The van der Waals surface area contributed by atoms with Gasteiger partial charge in [-0.3, -0.25) is 0 Å². The van der Waals surface area contributed by atoms with Crippen molar-refractivity contribution >= 4 is 5.97 Å². The Bertz CT molecular complexity index is 573. The first-order valence-electron chi connectivity index (χ1n) is 6.80. The van der Waals surface area contributed by atoms with E-state index >= 15 is 0 Å². The van der Waals surface area contributed by atoms with Crippen molar-refractivity contribution in [2.24, 2.45) is 0 Å². The molecular formula is C17H18O4. The Labute approximate surface area is 124 Å². The minimum atomic E-state index is -0.377. The summed E-state index contributed by atoms with van der Waals surface area (Å²) in [5, 5.41) is 0. The largest absolute Gasteiger partial charge is 0.482 e. The smallest absolute Gasteiger partial charge is 0.344 e. The highest BCUT2D eigenvalue weighted by molar-refractivity contribution is 5.71. The molecule has 2 aromatic rings. The summed E-state index contributed by atoms with van der Waals surface area (Å²) in [5.41, 5.74) is 1.19. The molecule has 2 aromatic carbocycles. The number of hydrogen-bond donors (Lipinski definition) is 0. The number of hydrogen-bond acceptors (Lipinski definition) is 4. The fourth-order valence-corrected chi connectivity index (χ4v) is 1.69. The van der Waals surface area contributed by atoms with Gasteiger partial charge >= 0.3 is 5.97 Å². The first-order valence-corrected chi connectivity index (χ1v) is 6.80. The van der Waals surface area contributed by atoms with Crippen LogP contribution in [0.15, 0.2) is 48.5 Å². The van der Waals surface area contributed by atoms with E-state index in [0.29, 0.717) is 18.1 Å². The summed E-state index contributed by atoms with van der Waals surface area (Å²) in [7, 11) is 0. The van der Waals surface area contributed by atoms with Gasteiger partial charge in [-0.05, 0) is 50.2 Å². The van der Waals surface area contributed by atoms with Crippen molar-refractivity contribution in [1.29, 1.82) is 0 Å². The first-order chi connectivity index (χ1) is 10.2. The minimum Gasteiger partial charge on any atom is -0.482 e. The third kappa shape index (κ3) is 4.84. The molecule has 0 aromatic heterocycles. The predicted molar refractivity (Wildman–Crippen MR) is 79.8 cm³/mol. The minimum absolute atomic E-state index is 0.0913. The van der Waals surface area contributed by atoms with Gasteiger partial charge in [0.05, 0.1) is 6.61 Å². The van der Waals surface area contributed by atoms with Crippen molar-refractivity contribution in [3.63, 3.8) is 0 Å². The molecule has 0 saturated heterocycles. The lowest BCUT2D eigenvalue weighted by Crippen LogP contribution is -2.14. The second kappa shape index (κ2) is 7.33. The van der Waals surface area contributed by atoms with Gasteiger partial charge in [0.1, 0.15) is 17.2 Å². The molecule has 4 heteroatoms. The Morgan fingerprint density at radius 2 is 1.43 bits per heavy atom. The van der Waals surface area contributed by atoms with Gasteiger partial charge in [0, 0.05) is 0 Å². The maximum atomic E-state index is 11.2. The lowest BCUT2D eigenvalue weighted by atomic mass is 10.2. The molecule has 110 valence electrons. The molecule has 0 amide bonds. The zero-order chi connectivity index (χ0) is 15.1. The summed E-state index contributed by atoms with van der Waals surface area (Å²) in [6.07, 6.45) is 0. The summed E-state index contributed by atoms with van der Waals surface area (Å²) in [6, 6.07) is 14.9. The molecule has 0 spiro atoms. The molecule has 0 unspecified atom stereocenters. The Kier molecular flexibility index (Phi) is 5.21. The van der Waals surface area contributed by atoms with Crippen LogP contribution >= 0.6 is 0 Å². The molecule has 0 heterocycles. The van der Waals surface area contributed by atoms with Crippen LogP contribution in [0.4, 0.5) is 0 Å². The number of ether oxygens (including phenoxy) is 3. The van der Waals surface area contributed by atoms with Crippen molar-refractivity contribution < 1.29 is 19.0 Å². The van der Waals surface area contributed by atoms with Crippen molar-refractivity contribution in [1.82, 2.24) is 0 Å². The summed E-state index contributed by atoms with van der Waals surface area (Å²) in [5.74, 6) is 1.71. The van der Waals surface area contributed by atoms with Crippen molar-refractivity contribution in [3.8, 4) is 17.2 Å². The number of rotatable bonds is 6. The zero-order valence-electron chi connectivity index (χ0n) is 12.2. The van der Waals surface area contributed by atoms with Crippen LogP contribution in [0, 0.1) is 6.92 Å². The zero-order valence-corrected chi connectivity index (χ0v) is 12.2. The van der Waals surface area contributed by atoms with Gasteiger partial charge in [-0.1, -0.05) is 17.7 Å². The van der Waals surface area contributed by atoms with Gasteiger partial charge in [0.25, 0.3) is 0 Å². The normalized spacial score (nSPS) is 10.0. The second-order valence-electron chi connectivity index (χ2n) is 4.48. The van der Waals surface area contributed by atoms with Crippen LogP contribution in [0.3, 0.4) is 0 Å². The van der Waals surface area contributed by atoms with E-state index in [9.17, 15) is 4.79 Å². The SMILES string of the molecule is CCOC(=O)COc1ccc(Oc2ccc(C)cc2)cc1. The Balaban J connectivity index is 1.89. The van der Waals surface area contributed by atoms with Crippen LogP contribution < -0.4 is 9.47 Å². The average molecular weight is 286 g/mol. The van der Waals surface area contributed by atoms with E-state index in [1.54, 1.807) is 31.2 Å². The van der Waals surface area contributed by atoms with E-state index in [1.165, 1.54) is 5.56 Å². The molecular weight excluding hydrogens is 268 g/mol. The van der Waals surface area contributed by atoms with Crippen LogP contribution in [-0.4, -0.2) is 19.2 Å². The van der Waals surface area contributed by atoms with Crippen LogP contribution in [0.1, 0.15) is 12.5 Å². The highest BCUT2D eigenvalue weighted by Crippen LogP contribution is 2.24. The number of benzene rings is 2. The van der Waals surface area contributed by atoms with E-state index in [1.807, 2.05) is 31.2 Å². The molecule has 0 radical (unpaired) electrons. The molecule has 21 heavy (non-hydrogen) atoms. The fraction of sp³-hybridized carbons (Fsp3) is 0.235. The van der Waals surface area contributed by atoms with Gasteiger partial charge in [-0.25, -0.2) is 4.79 Å². The molecule has 0 aliphatic heterocycles. The summed E-state index contributed by atoms with van der Waals surface area (Å²) in [6.45, 7) is 4.05. The van der Waals surface area contributed by atoms with E-state index < -0.39 is 0 Å². The summed E-state index contributed by atoms with van der Waals surface area (Å²) in [4.78, 5) is 11.2. The van der Waals surface area contributed by atoms with Crippen molar-refractivity contribution in [2.45, 2.75) is 13.8 Å². The van der Waals surface area contributed by atoms with Gasteiger partial charge in [-0.15, -0.1) is 0 Å². The lowest BCUT2D eigenvalue weighted by molar-refractivity contribution is -0.145. The molecule has 0 aliphatic carbocycles. The predicted octanol–water partition coefficient (Wildman–Crippen LogP) is 3.73. The highest BCUT2D eigenvalue weighted by Gasteiger charge is 2.03. The van der Waals surface area contributed by atoms with Crippen molar-refractivity contribution in [3.05, 3.63) is 54.1 Å². The Morgan fingerprint density at radius 1 is 0.905 bits per heavy atom. The molecule has 4 nitrogen and oxygen atoms in total. The van der Waals surface area contributed by atoms with E-state index in [4.69, 9.17) is 14.2 Å². The molecule has 0 aliphatic rings. The average Bonchev–Trinajstić information content (AvgIpc) is 2.49. The topological polar surface area (TPSA) is 44.8 Å². The highest BCUT2D eigenvalue weighted by atomic mass is 16.6. The van der Waals surface area contributed by atoms with Crippen molar-refractivity contribution in [2.75, 3.05) is 13.2 Å². The van der Waals surface area contributed by atoms with Crippen LogP contribution in [-0.2, 0) is 9.53 Å². The lowest BCUT2D eigenvalue weighted by Gasteiger charge is -2.08. The summed E-state index contributed by atoms with van der Waals surface area (Å²) < 4.78 is 15.8. The van der Waals surface area contributed by atoms with Crippen LogP contribution in [0.5, 0.6) is 17.2 Å². The Hall–Kier alpha value is -2.49. The molecule has 0 saturated carbocycles. The molecule has 0 bridgehead atoms. The number of carbonyl (C=O) groups excluding carboxylic acids is 1. The van der Waals surface area contributed by atoms with Gasteiger partial charge in [-0.2, -0.15) is 0 Å². The summed E-state index contributed by atoms with van der Waals surface area (Å²) >= 11 is 0. The quantitative estimate of drug-likeness (QED) is 0.759. The third-order valence-corrected chi connectivity index (χ3v) is 2.74. The number of aryl methyl sites for hydroxylation is 1. The van der Waals surface area contributed by atoms with E-state index in [-0.39, 0.29) is 12.6 Å². The fourth-order valence-electron chi connectivity index (χ4n) is 1.69. The van der Waals surface area contributed by atoms with Crippen LogP contribution in [0.2, 0.25) is 0 Å². The van der Waals surface area contributed by atoms with E-state index in [0.717, 1.165) is 5.75 Å². The van der Waals surface area contributed by atoms with Crippen LogP contribution in [0.25, 0.3) is 0 Å². The number of esters is 1. The molecule has 0 N–H and O–H groups in total. The maximum Gasteiger partial charge on any atom is 0.344 e. The standard InChI is InChI=1S/C17H18O4/c1-3-19-17(18)12-20-14-8-10-16(11-9-14)21-15-6-4-13(2)5-7-15/h4-11H,3,12H2,1-2H3. The number of carbonyl (C=O) groups is 1. The Morgan fingerprint density at radius 3 is 2.00 bits per heavy atom. The van der Waals surface area contributed by atoms with Gasteiger partial charge in [0.2, 0.25) is 0 Å². The monoisotopic (exact) mass is 286 g/mol. The van der Waals surface area contributed by atoms with Gasteiger partial charge in [0.15, 0.2) is 6.61 Å². The second-order valence-corrected chi connectivity index (χ2v) is 4.48. The molecule has 0 atom stereocenters. The molecule has 2 rings (SSSR count). The van der Waals surface area contributed by atoms with Gasteiger partial charge < -0.3 is 14.2 Å². The first kappa shape index (κ1) is 14.9. The van der Waals surface area contributed by atoms with E-state index in [2.05, 4.69) is 0 Å². The molecule has 0 fully saturated rings.